The summed E-state index contributed by atoms with van der Waals surface area (Å²) in [5.74, 6) is -0.875. The fourth-order valence-electron chi connectivity index (χ4n) is 10.7. The molecular formula is C77H138O6. The first-order chi connectivity index (χ1) is 41.0. The molecule has 6 heteroatoms. The molecule has 0 saturated carbocycles. The van der Waals surface area contributed by atoms with Gasteiger partial charge in [-0.25, -0.2) is 0 Å². The van der Waals surface area contributed by atoms with Crippen LogP contribution in [-0.4, -0.2) is 37.2 Å². The van der Waals surface area contributed by atoms with Crippen LogP contribution in [0.15, 0.2) is 72.9 Å². The first kappa shape index (κ1) is 79.8. The van der Waals surface area contributed by atoms with Gasteiger partial charge in [-0.1, -0.05) is 325 Å². The Balaban J connectivity index is 4.29. The number of hydrogen-bond donors (Lipinski definition) is 0. The minimum atomic E-state index is -0.785. The third-order valence-electron chi connectivity index (χ3n) is 16.2. The van der Waals surface area contributed by atoms with Gasteiger partial charge in [0, 0.05) is 19.3 Å². The highest BCUT2D eigenvalue weighted by Gasteiger charge is 2.19. The molecule has 0 N–H and O–H groups in total. The molecule has 0 aliphatic carbocycles. The second-order valence-corrected chi connectivity index (χ2v) is 24.5. The molecule has 6 nitrogen and oxygen atoms in total. The first-order valence-corrected chi connectivity index (χ1v) is 36.4. The van der Waals surface area contributed by atoms with Gasteiger partial charge in [-0.15, -0.1) is 0 Å². The highest BCUT2D eigenvalue weighted by Crippen LogP contribution is 2.18. The molecule has 0 fully saturated rings. The lowest BCUT2D eigenvalue weighted by molar-refractivity contribution is -0.167. The Hall–Kier alpha value is -3.15. The minimum absolute atomic E-state index is 0.0786. The van der Waals surface area contributed by atoms with E-state index in [0.717, 1.165) is 103 Å². The number of hydrogen-bond acceptors (Lipinski definition) is 6. The third kappa shape index (κ3) is 69.5. The van der Waals surface area contributed by atoms with Crippen LogP contribution in [0.5, 0.6) is 0 Å². The van der Waals surface area contributed by atoms with Gasteiger partial charge in [-0.3, -0.25) is 14.4 Å². The van der Waals surface area contributed by atoms with Gasteiger partial charge in [0.1, 0.15) is 13.2 Å². The molecule has 482 valence electrons. The molecule has 0 spiro atoms. The van der Waals surface area contributed by atoms with E-state index in [4.69, 9.17) is 14.2 Å². The molecule has 0 heterocycles. The second kappa shape index (κ2) is 71.3. The zero-order valence-corrected chi connectivity index (χ0v) is 55.5. The van der Waals surface area contributed by atoms with E-state index in [1.807, 2.05) is 0 Å². The summed E-state index contributed by atoms with van der Waals surface area (Å²) >= 11 is 0. The average molecular weight is 1160 g/mol. The van der Waals surface area contributed by atoms with Crippen molar-refractivity contribution in [2.45, 2.75) is 386 Å². The third-order valence-corrected chi connectivity index (χ3v) is 16.2. The van der Waals surface area contributed by atoms with Crippen molar-refractivity contribution in [3.63, 3.8) is 0 Å². The summed E-state index contributed by atoms with van der Waals surface area (Å²) < 4.78 is 17.0. The van der Waals surface area contributed by atoms with Crippen LogP contribution in [0.2, 0.25) is 0 Å². The van der Waals surface area contributed by atoms with Gasteiger partial charge < -0.3 is 14.2 Å². The standard InChI is InChI=1S/C77H138O6/c1-4-7-10-13-16-19-22-25-28-30-32-34-36-38-40-42-44-46-49-52-55-58-61-64-67-70-76(79)82-73-74(72-81-75(78)69-66-63-60-57-54-51-48-27-24-21-18-15-12-9-6-3)83-77(80)71-68-65-62-59-56-53-50-47-45-43-41-39-37-35-33-31-29-26-23-20-17-14-11-8-5-2/h9,12,18,21-22,25,27,30-33,48,74H,4-8,10-11,13-17,19-20,23-24,26,28-29,34-47,49-73H2,1-3H3/b12-9-,21-18-,25-22-,32-30-,33-31-,48-27-. The van der Waals surface area contributed by atoms with Crippen molar-refractivity contribution in [3.05, 3.63) is 72.9 Å². The van der Waals surface area contributed by atoms with E-state index in [-0.39, 0.29) is 31.1 Å². The summed E-state index contributed by atoms with van der Waals surface area (Å²) in [7, 11) is 0. The Morgan fingerprint density at radius 2 is 0.470 bits per heavy atom. The molecule has 0 aromatic carbocycles. The topological polar surface area (TPSA) is 78.9 Å². The summed E-state index contributed by atoms with van der Waals surface area (Å²) in [6.07, 6.45) is 93.7. The lowest BCUT2D eigenvalue weighted by Gasteiger charge is -2.18. The van der Waals surface area contributed by atoms with Gasteiger partial charge in [-0.05, 0) is 109 Å². The van der Waals surface area contributed by atoms with Crippen molar-refractivity contribution in [3.8, 4) is 0 Å². The molecule has 0 radical (unpaired) electrons. The largest absolute Gasteiger partial charge is 0.462 e. The van der Waals surface area contributed by atoms with Crippen LogP contribution in [0.4, 0.5) is 0 Å². The van der Waals surface area contributed by atoms with Gasteiger partial charge in [0.05, 0.1) is 0 Å². The van der Waals surface area contributed by atoms with Crippen molar-refractivity contribution in [1.29, 1.82) is 0 Å². The van der Waals surface area contributed by atoms with Crippen LogP contribution in [0, 0.1) is 0 Å². The normalized spacial score (nSPS) is 12.5. The molecule has 1 unspecified atom stereocenters. The smallest absolute Gasteiger partial charge is 0.306 e. The van der Waals surface area contributed by atoms with Crippen LogP contribution >= 0.6 is 0 Å². The van der Waals surface area contributed by atoms with Gasteiger partial charge >= 0.3 is 17.9 Å². The fourth-order valence-corrected chi connectivity index (χ4v) is 10.7. The molecule has 0 amide bonds. The Labute approximate surface area is 516 Å². The number of carbonyl (C=O) groups excluding carboxylic acids is 3. The number of ether oxygens (including phenoxy) is 3. The van der Waals surface area contributed by atoms with Crippen molar-refractivity contribution in [1.82, 2.24) is 0 Å². The van der Waals surface area contributed by atoms with E-state index >= 15 is 0 Å². The Morgan fingerprint density at radius 1 is 0.253 bits per heavy atom. The van der Waals surface area contributed by atoms with Crippen molar-refractivity contribution >= 4 is 17.9 Å². The van der Waals surface area contributed by atoms with Gasteiger partial charge in [0.15, 0.2) is 6.10 Å². The monoisotopic (exact) mass is 1160 g/mol. The highest BCUT2D eigenvalue weighted by molar-refractivity contribution is 5.71. The average Bonchev–Trinajstić information content (AvgIpc) is 3.49. The molecule has 1 atom stereocenters. The number of allylic oxidation sites excluding steroid dienone is 12. The molecule has 0 aliphatic heterocycles. The Kier molecular flexibility index (Phi) is 68.6. The molecular weight excluding hydrogens is 1020 g/mol. The van der Waals surface area contributed by atoms with E-state index in [2.05, 4.69) is 93.7 Å². The number of esters is 3. The van der Waals surface area contributed by atoms with Crippen molar-refractivity contribution in [2.24, 2.45) is 0 Å². The van der Waals surface area contributed by atoms with Gasteiger partial charge in [-0.2, -0.15) is 0 Å². The maximum absolute atomic E-state index is 13.0. The summed E-state index contributed by atoms with van der Waals surface area (Å²) in [6.45, 7) is 6.56. The lowest BCUT2D eigenvalue weighted by atomic mass is 10.0. The predicted molar refractivity (Wildman–Crippen MR) is 362 cm³/mol. The molecule has 0 bridgehead atoms. The number of rotatable bonds is 67. The zero-order chi connectivity index (χ0) is 59.9. The van der Waals surface area contributed by atoms with Crippen LogP contribution in [0.1, 0.15) is 380 Å². The van der Waals surface area contributed by atoms with Crippen LogP contribution < -0.4 is 0 Å². The van der Waals surface area contributed by atoms with Crippen molar-refractivity contribution < 1.29 is 28.6 Å². The molecule has 0 aromatic heterocycles. The van der Waals surface area contributed by atoms with Gasteiger partial charge in [0.2, 0.25) is 0 Å². The van der Waals surface area contributed by atoms with E-state index < -0.39 is 6.10 Å². The summed E-state index contributed by atoms with van der Waals surface area (Å²) in [6, 6.07) is 0. The van der Waals surface area contributed by atoms with Crippen LogP contribution in [-0.2, 0) is 28.6 Å². The predicted octanol–water partition coefficient (Wildman–Crippen LogP) is 25.2. The quantitative estimate of drug-likeness (QED) is 0.0261. The van der Waals surface area contributed by atoms with Crippen molar-refractivity contribution in [2.75, 3.05) is 13.2 Å². The number of carbonyl (C=O) groups is 3. The minimum Gasteiger partial charge on any atom is -0.462 e. The summed E-state index contributed by atoms with van der Waals surface area (Å²) in [5, 5.41) is 0. The first-order valence-electron chi connectivity index (χ1n) is 36.4. The van der Waals surface area contributed by atoms with E-state index in [9.17, 15) is 14.4 Å². The molecule has 83 heavy (non-hydrogen) atoms. The van der Waals surface area contributed by atoms with Crippen LogP contribution in [0.25, 0.3) is 0 Å². The SMILES string of the molecule is CC/C=C\C/C=C\C/C=C\CCCCCCCC(=O)OCC(COC(=O)CCCCCCCCCCCCCCC/C=C\C/C=C\CCCCCCC)OC(=O)CCCCCCCCCCCCCCC/C=C\CCCCCCCCCC. The maximum Gasteiger partial charge on any atom is 0.306 e. The number of unbranched alkanes of at least 4 members (excludes halogenated alkanes) is 44. The zero-order valence-electron chi connectivity index (χ0n) is 55.5. The molecule has 0 aliphatic rings. The van der Waals surface area contributed by atoms with Gasteiger partial charge in [0.25, 0.3) is 0 Å². The van der Waals surface area contributed by atoms with E-state index in [1.165, 1.54) is 238 Å². The highest BCUT2D eigenvalue weighted by atomic mass is 16.6. The fraction of sp³-hybridized carbons (Fsp3) is 0.805. The van der Waals surface area contributed by atoms with Crippen LogP contribution in [0.3, 0.4) is 0 Å². The summed E-state index contributed by atoms with van der Waals surface area (Å²) in [4.78, 5) is 38.5. The Bertz CT molecular complexity index is 1520. The maximum atomic E-state index is 13.0. The Morgan fingerprint density at radius 3 is 0.747 bits per heavy atom. The molecule has 0 rings (SSSR count). The molecule has 0 saturated heterocycles. The summed E-state index contributed by atoms with van der Waals surface area (Å²) in [5.41, 5.74) is 0. The second-order valence-electron chi connectivity index (χ2n) is 24.5. The van der Waals surface area contributed by atoms with E-state index in [1.54, 1.807) is 0 Å². The lowest BCUT2D eigenvalue weighted by Crippen LogP contribution is -2.30. The van der Waals surface area contributed by atoms with E-state index in [0.29, 0.717) is 19.3 Å². The molecule has 0 aromatic rings.